The highest BCUT2D eigenvalue weighted by Crippen LogP contribution is 2.24. The molecule has 0 atom stereocenters. The number of hydrogen-bond acceptors (Lipinski definition) is 4. The molecule has 1 saturated heterocycles. The Kier molecular flexibility index (Phi) is 6.07. The molecule has 4 nitrogen and oxygen atoms in total. The van der Waals surface area contributed by atoms with Crippen LogP contribution in [0.5, 0.6) is 0 Å². The lowest BCUT2D eigenvalue weighted by atomic mass is 10.2. The zero-order valence-electron chi connectivity index (χ0n) is 16.1. The first-order valence-electron chi connectivity index (χ1n) is 9.70. The van der Waals surface area contributed by atoms with E-state index in [-0.39, 0.29) is 5.78 Å². The van der Waals surface area contributed by atoms with E-state index in [1.54, 1.807) is 11.3 Å². The maximum absolute atomic E-state index is 12.8. The van der Waals surface area contributed by atoms with Crippen LogP contribution in [0.15, 0.2) is 48.5 Å². The van der Waals surface area contributed by atoms with Gasteiger partial charge in [-0.2, -0.15) is 4.57 Å². The third-order valence-electron chi connectivity index (χ3n) is 5.40. The van der Waals surface area contributed by atoms with Crippen LogP contribution >= 0.6 is 22.9 Å². The molecule has 0 aliphatic carbocycles. The molecule has 3 aromatic rings. The van der Waals surface area contributed by atoms with Crippen molar-refractivity contribution in [3.05, 3.63) is 64.1 Å². The number of nitrogens with zero attached hydrogens (tertiary/aromatic N) is 3. The van der Waals surface area contributed by atoms with E-state index in [1.165, 1.54) is 5.56 Å². The van der Waals surface area contributed by atoms with E-state index in [4.69, 9.17) is 11.6 Å². The van der Waals surface area contributed by atoms with Gasteiger partial charge in [-0.1, -0.05) is 53.3 Å². The van der Waals surface area contributed by atoms with Crippen LogP contribution in [0.1, 0.15) is 21.8 Å². The summed E-state index contributed by atoms with van der Waals surface area (Å²) in [6.07, 6.45) is 0.563. The third-order valence-corrected chi connectivity index (χ3v) is 6.90. The van der Waals surface area contributed by atoms with Crippen LogP contribution in [-0.2, 0) is 13.6 Å². The van der Waals surface area contributed by atoms with Gasteiger partial charge in [-0.3, -0.25) is 9.69 Å². The maximum atomic E-state index is 12.8. The molecule has 0 spiro atoms. The quantitative estimate of drug-likeness (QED) is 0.454. The molecule has 4 rings (SSSR count). The van der Waals surface area contributed by atoms with Crippen LogP contribution in [0.2, 0.25) is 5.02 Å². The number of hydrogen-bond donors (Lipinski definition) is 0. The molecule has 1 aromatic heterocycles. The van der Waals surface area contributed by atoms with Gasteiger partial charge in [-0.25, -0.2) is 0 Å². The maximum Gasteiger partial charge on any atom is 0.306 e. The van der Waals surface area contributed by atoms with Crippen molar-refractivity contribution < 1.29 is 9.36 Å². The molecule has 2 heterocycles. The molecule has 28 heavy (non-hydrogen) atoms. The van der Waals surface area contributed by atoms with Crippen molar-refractivity contribution in [2.45, 2.75) is 13.0 Å². The number of carbonyl (C=O) groups excluding carboxylic acids is 1. The highest BCUT2D eigenvalue weighted by atomic mass is 35.5. The first kappa shape index (κ1) is 19.5. The molecule has 6 heteroatoms. The van der Waals surface area contributed by atoms with Crippen molar-refractivity contribution in [3.8, 4) is 0 Å². The van der Waals surface area contributed by atoms with Crippen molar-refractivity contribution in [1.29, 1.82) is 0 Å². The Hall–Kier alpha value is -1.79. The van der Waals surface area contributed by atoms with Crippen molar-refractivity contribution in [2.24, 2.45) is 7.05 Å². The number of thiazole rings is 1. The Morgan fingerprint density at radius 1 is 1.07 bits per heavy atom. The number of aryl methyl sites for hydroxylation is 1. The molecule has 0 radical (unpaired) electrons. The summed E-state index contributed by atoms with van der Waals surface area (Å²) in [5, 5.41) is 1.51. The minimum absolute atomic E-state index is 0.214. The second kappa shape index (κ2) is 8.70. The Labute approximate surface area is 175 Å². The molecule has 1 fully saturated rings. The lowest BCUT2D eigenvalue weighted by Crippen LogP contribution is -2.46. The number of fused-ring (bicyclic) bond motifs is 1. The Morgan fingerprint density at radius 2 is 1.79 bits per heavy atom. The van der Waals surface area contributed by atoms with Crippen molar-refractivity contribution in [1.82, 2.24) is 9.80 Å². The normalized spacial score (nSPS) is 15.9. The molecule has 1 aliphatic rings. The molecule has 2 aromatic carbocycles. The summed E-state index contributed by atoms with van der Waals surface area (Å²) in [7, 11) is 1.95. The van der Waals surface area contributed by atoms with Gasteiger partial charge in [0.05, 0.1) is 0 Å². The fraction of sp³-hybridized carbons (Fsp3) is 0.364. The summed E-state index contributed by atoms with van der Waals surface area (Å²) in [6, 6.07) is 16.4. The summed E-state index contributed by atoms with van der Waals surface area (Å²) in [4.78, 5) is 17.7. The standard InChI is InChI=1S/C22H25ClN3OS/c1-24-19-15-18(23)7-8-21(19)28-22(24)20(27)9-10-25-11-13-26(14-12-25)16-17-5-3-2-4-6-17/h2-8,15H,9-14,16H2,1H3/q+1. The van der Waals surface area contributed by atoms with E-state index in [1.807, 2.05) is 29.8 Å². The molecule has 0 bridgehead atoms. The second-order valence-electron chi connectivity index (χ2n) is 7.35. The van der Waals surface area contributed by atoms with Gasteiger partial charge in [0.1, 0.15) is 11.7 Å². The average Bonchev–Trinajstić information content (AvgIpc) is 3.04. The summed E-state index contributed by atoms with van der Waals surface area (Å²) in [5.41, 5.74) is 2.39. The van der Waals surface area contributed by atoms with Crippen molar-refractivity contribution in [2.75, 3.05) is 32.7 Å². The first-order valence-corrected chi connectivity index (χ1v) is 10.9. The van der Waals surface area contributed by atoms with Crippen molar-refractivity contribution in [3.63, 3.8) is 0 Å². The van der Waals surface area contributed by atoms with Crippen LogP contribution in [0.3, 0.4) is 0 Å². The largest absolute Gasteiger partial charge is 0.306 e. The van der Waals surface area contributed by atoms with Crippen molar-refractivity contribution >= 4 is 38.9 Å². The average molecular weight is 415 g/mol. The molecule has 1 aliphatic heterocycles. The highest BCUT2D eigenvalue weighted by molar-refractivity contribution is 7.19. The summed E-state index contributed by atoms with van der Waals surface area (Å²) in [5.74, 6) is 0.214. The fourth-order valence-corrected chi connectivity index (χ4v) is 5.01. The summed E-state index contributed by atoms with van der Waals surface area (Å²) >= 11 is 7.66. The first-order chi connectivity index (χ1) is 13.6. The predicted molar refractivity (Wildman–Crippen MR) is 115 cm³/mol. The Balaban J connectivity index is 1.29. The summed E-state index contributed by atoms with van der Waals surface area (Å²) < 4.78 is 3.08. The number of ketones is 1. The molecule has 146 valence electrons. The van der Waals surface area contributed by atoms with Crippen LogP contribution in [-0.4, -0.2) is 48.3 Å². The number of piperazine rings is 1. The van der Waals surface area contributed by atoms with Gasteiger partial charge in [0, 0.05) is 56.8 Å². The molecule has 0 N–H and O–H groups in total. The second-order valence-corrected chi connectivity index (χ2v) is 8.82. The van der Waals surface area contributed by atoms with E-state index in [9.17, 15) is 4.79 Å². The highest BCUT2D eigenvalue weighted by Gasteiger charge is 2.25. The zero-order chi connectivity index (χ0) is 19.5. The predicted octanol–water partition coefficient (Wildman–Crippen LogP) is 3.77. The van der Waals surface area contributed by atoms with E-state index in [2.05, 4.69) is 40.1 Å². The van der Waals surface area contributed by atoms with E-state index in [0.29, 0.717) is 11.4 Å². The summed E-state index contributed by atoms with van der Waals surface area (Å²) in [6.45, 7) is 5.99. The Bertz CT molecular complexity index is 965. The molecule has 0 saturated carbocycles. The number of halogens is 1. The van der Waals surface area contributed by atoms with E-state index in [0.717, 1.165) is 54.5 Å². The van der Waals surface area contributed by atoms with Gasteiger partial charge in [0.15, 0.2) is 0 Å². The molecular formula is C22H25ClN3OS+. The van der Waals surface area contributed by atoms with E-state index >= 15 is 0 Å². The SMILES string of the molecule is C[n+]1c(C(=O)CCN2CCN(Cc3ccccc3)CC2)sc2ccc(Cl)cc21. The minimum atomic E-state index is 0.214. The number of aromatic nitrogens is 1. The van der Waals surface area contributed by atoms with Crippen LogP contribution in [0.25, 0.3) is 10.2 Å². The molecular weight excluding hydrogens is 390 g/mol. The molecule has 0 unspecified atom stereocenters. The van der Waals surface area contributed by atoms with Gasteiger partial charge in [0.25, 0.3) is 0 Å². The van der Waals surface area contributed by atoms with Gasteiger partial charge in [-0.15, -0.1) is 0 Å². The van der Waals surface area contributed by atoms with Crippen LogP contribution in [0.4, 0.5) is 0 Å². The number of Topliss-reactive ketones (excluding diaryl/α,β-unsaturated/α-hetero) is 1. The third kappa shape index (κ3) is 4.44. The number of benzene rings is 2. The topological polar surface area (TPSA) is 27.4 Å². The number of carbonyl (C=O) groups is 1. The Morgan fingerprint density at radius 3 is 2.54 bits per heavy atom. The lowest BCUT2D eigenvalue weighted by molar-refractivity contribution is -0.642. The van der Waals surface area contributed by atoms with Gasteiger partial charge in [-0.05, 0) is 17.7 Å². The van der Waals surface area contributed by atoms with Crippen LogP contribution in [0, 0.1) is 0 Å². The number of rotatable bonds is 6. The fourth-order valence-electron chi connectivity index (χ4n) is 3.74. The minimum Gasteiger partial charge on any atom is -0.300 e. The smallest absolute Gasteiger partial charge is 0.300 e. The van der Waals surface area contributed by atoms with Gasteiger partial charge < -0.3 is 4.90 Å². The lowest BCUT2D eigenvalue weighted by Gasteiger charge is -2.34. The zero-order valence-corrected chi connectivity index (χ0v) is 17.7. The van der Waals surface area contributed by atoms with E-state index < -0.39 is 0 Å². The monoisotopic (exact) mass is 414 g/mol. The molecule has 0 amide bonds. The van der Waals surface area contributed by atoms with Gasteiger partial charge in [0.2, 0.25) is 11.3 Å². The van der Waals surface area contributed by atoms with Crippen LogP contribution < -0.4 is 4.57 Å². The van der Waals surface area contributed by atoms with Gasteiger partial charge >= 0.3 is 5.01 Å².